The minimum absolute atomic E-state index is 0.106. The van der Waals surface area contributed by atoms with Crippen LogP contribution in [0.1, 0.15) is 31.9 Å². The zero-order valence-electron chi connectivity index (χ0n) is 18.3. The monoisotopic (exact) mass is 448 g/mol. The lowest BCUT2D eigenvalue weighted by Gasteiger charge is -2.37. The van der Waals surface area contributed by atoms with E-state index in [2.05, 4.69) is 10.2 Å². The second-order valence-corrected chi connectivity index (χ2v) is 8.94. The second-order valence-electron chi connectivity index (χ2n) is 8.53. The quantitative estimate of drug-likeness (QED) is 0.699. The Balaban J connectivity index is 1.69. The molecule has 1 saturated heterocycles. The molecule has 1 amide bonds. The van der Waals surface area contributed by atoms with E-state index in [4.69, 9.17) is 22.1 Å². The highest BCUT2D eigenvalue weighted by molar-refractivity contribution is 6.30. The van der Waals surface area contributed by atoms with E-state index in [1.807, 2.05) is 39.0 Å². The number of carbonyl (C=O) groups excluding carboxylic acids is 1. The number of halogens is 2. The van der Waals surface area contributed by atoms with Gasteiger partial charge < -0.3 is 25.6 Å². The number of amides is 1. The number of nitrogens with one attached hydrogen (secondary N) is 1. The predicted octanol–water partition coefficient (Wildman–Crippen LogP) is 4.61. The molecule has 6 nitrogen and oxygen atoms in total. The van der Waals surface area contributed by atoms with Crippen LogP contribution in [-0.4, -0.2) is 42.8 Å². The highest BCUT2D eigenvalue weighted by Gasteiger charge is 2.27. The summed E-state index contributed by atoms with van der Waals surface area (Å²) >= 11 is 5.88. The molecule has 1 aliphatic rings. The Morgan fingerprint density at radius 1 is 1.16 bits per heavy atom. The topological polar surface area (TPSA) is 70.8 Å². The molecule has 3 rings (SSSR count). The number of carbonyl (C=O) groups is 1. The summed E-state index contributed by atoms with van der Waals surface area (Å²) < 4.78 is 19.7. The fourth-order valence-electron chi connectivity index (χ4n) is 3.58. The van der Waals surface area contributed by atoms with Crippen LogP contribution in [0.3, 0.4) is 0 Å². The van der Waals surface area contributed by atoms with Crippen molar-refractivity contribution in [2.45, 2.75) is 39.5 Å². The van der Waals surface area contributed by atoms with E-state index in [1.54, 1.807) is 17.0 Å². The molecule has 0 atom stereocenters. The van der Waals surface area contributed by atoms with Gasteiger partial charge in [-0.05, 0) is 39.0 Å². The number of hydrogen-bond donors (Lipinski definition) is 2. The summed E-state index contributed by atoms with van der Waals surface area (Å²) in [5, 5.41) is 3.40. The van der Waals surface area contributed by atoms with E-state index in [0.29, 0.717) is 44.8 Å². The van der Waals surface area contributed by atoms with E-state index in [9.17, 15) is 9.18 Å². The number of anilines is 2. The highest BCUT2D eigenvalue weighted by atomic mass is 35.5. The Kier molecular flexibility index (Phi) is 7.28. The van der Waals surface area contributed by atoms with Gasteiger partial charge in [-0.1, -0.05) is 29.8 Å². The molecule has 0 spiro atoms. The number of nitrogens with two attached hydrogens (primary N) is 1. The molecule has 0 aliphatic carbocycles. The van der Waals surface area contributed by atoms with E-state index in [1.165, 1.54) is 6.07 Å². The number of nitrogens with zero attached hydrogens (tertiary/aromatic N) is 2. The first-order valence-electron chi connectivity index (χ1n) is 10.4. The number of ether oxygens (including phenoxy) is 1. The second kappa shape index (κ2) is 9.75. The van der Waals surface area contributed by atoms with E-state index < -0.39 is 11.4 Å². The van der Waals surface area contributed by atoms with Crippen LogP contribution in [0.5, 0.6) is 0 Å². The van der Waals surface area contributed by atoms with Gasteiger partial charge in [-0.15, -0.1) is 0 Å². The molecular formula is C23H30ClFN4O2. The van der Waals surface area contributed by atoms with Crippen LogP contribution in [0.15, 0.2) is 36.4 Å². The molecule has 31 heavy (non-hydrogen) atoms. The first-order valence-corrected chi connectivity index (χ1v) is 10.8. The van der Waals surface area contributed by atoms with Crippen LogP contribution in [0.2, 0.25) is 5.02 Å². The van der Waals surface area contributed by atoms with E-state index in [-0.39, 0.29) is 11.1 Å². The fraction of sp³-hybridized carbons (Fsp3) is 0.435. The molecule has 3 N–H and O–H groups in total. The van der Waals surface area contributed by atoms with Gasteiger partial charge in [-0.25, -0.2) is 9.18 Å². The standard InChI is InChI=1S/C23H30ClFN4O2/c1-23(2,3)31-22(30)29-12-10-28(11-13-29)20-9-5-8-19(17(20)14-26)27-15-16-6-4-7-18(24)21(16)25/h4-9,27H,10-15,26H2,1-3H3. The van der Waals surface area contributed by atoms with Crippen molar-refractivity contribution < 1.29 is 13.9 Å². The van der Waals surface area contributed by atoms with Crippen molar-refractivity contribution in [1.82, 2.24) is 4.90 Å². The average molecular weight is 449 g/mol. The van der Waals surface area contributed by atoms with Crippen LogP contribution in [0.4, 0.5) is 20.6 Å². The van der Waals surface area contributed by atoms with Crippen molar-refractivity contribution >= 4 is 29.1 Å². The number of hydrogen-bond acceptors (Lipinski definition) is 5. The van der Waals surface area contributed by atoms with Crippen molar-refractivity contribution in [2.75, 3.05) is 36.4 Å². The third-order valence-corrected chi connectivity index (χ3v) is 5.42. The van der Waals surface area contributed by atoms with Crippen molar-refractivity contribution in [2.24, 2.45) is 5.73 Å². The van der Waals surface area contributed by atoms with Gasteiger partial charge in [0.1, 0.15) is 11.4 Å². The lowest BCUT2D eigenvalue weighted by molar-refractivity contribution is 0.0240. The fourth-order valence-corrected chi connectivity index (χ4v) is 3.78. The van der Waals surface area contributed by atoms with Crippen LogP contribution in [0, 0.1) is 5.82 Å². The molecule has 2 aromatic rings. The summed E-state index contributed by atoms with van der Waals surface area (Å²) in [6.45, 7) is 8.73. The van der Waals surface area contributed by atoms with E-state index >= 15 is 0 Å². The Hall–Kier alpha value is -2.51. The Bertz CT molecular complexity index is 924. The summed E-state index contributed by atoms with van der Waals surface area (Å²) in [4.78, 5) is 16.3. The maximum absolute atomic E-state index is 14.2. The average Bonchev–Trinajstić information content (AvgIpc) is 2.73. The zero-order chi connectivity index (χ0) is 22.6. The molecule has 2 aromatic carbocycles. The summed E-state index contributed by atoms with van der Waals surface area (Å²) in [6.07, 6.45) is -0.287. The van der Waals surface area contributed by atoms with Gasteiger partial charge in [0, 0.05) is 61.8 Å². The predicted molar refractivity (Wildman–Crippen MR) is 123 cm³/mol. The van der Waals surface area contributed by atoms with Gasteiger partial charge in [0.2, 0.25) is 0 Å². The third-order valence-electron chi connectivity index (χ3n) is 5.13. The Morgan fingerprint density at radius 2 is 1.84 bits per heavy atom. The van der Waals surface area contributed by atoms with Crippen LogP contribution < -0.4 is 16.0 Å². The van der Waals surface area contributed by atoms with Crippen molar-refractivity contribution in [3.05, 3.63) is 58.4 Å². The van der Waals surface area contributed by atoms with Crippen LogP contribution in [0.25, 0.3) is 0 Å². The summed E-state index contributed by atoms with van der Waals surface area (Å²) in [5.41, 5.74) is 8.89. The molecule has 0 saturated carbocycles. The molecule has 1 fully saturated rings. The minimum atomic E-state index is -0.511. The summed E-state index contributed by atoms with van der Waals surface area (Å²) in [6, 6.07) is 10.9. The smallest absolute Gasteiger partial charge is 0.410 e. The molecule has 0 bridgehead atoms. The van der Waals surface area contributed by atoms with E-state index in [0.717, 1.165) is 16.9 Å². The molecule has 1 heterocycles. The normalized spacial score (nSPS) is 14.5. The molecule has 168 valence electrons. The van der Waals surface area contributed by atoms with Crippen molar-refractivity contribution in [1.29, 1.82) is 0 Å². The van der Waals surface area contributed by atoms with Crippen LogP contribution in [-0.2, 0) is 17.8 Å². The van der Waals surface area contributed by atoms with Gasteiger partial charge >= 0.3 is 6.09 Å². The molecular weight excluding hydrogens is 419 g/mol. The van der Waals surface area contributed by atoms with Gasteiger partial charge in [0.05, 0.1) is 5.02 Å². The van der Waals surface area contributed by atoms with Crippen molar-refractivity contribution in [3.8, 4) is 0 Å². The minimum Gasteiger partial charge on any atom is -0.444 e. The Morgan fingerprint density at radius 3 is 2.48 bits per heavy atom. The number of benzene rings is 2. The van der Waals surface area contributed by atoms with Gasteiger partial charge in [0.15, 0.2) is 0 Å². The first kappa shape index (κ1) is 23.2. The molecule has 1 aliphatic heterocycles. The maximum atomic E-state index is 14.2. The molecule has 0 unspecified atom stereocenters. The molecule has 0 aromatic heterocycles. The van der Waals surface area contributed by atoms with Gasteiger partial charge in [-0.3, -0.25) is 0 Å². The first-order chi connectivity index (χ1) is 14.7. The van der Waals surface area contributed by atoms with Gasteiger partial charge in [-0.2, -0.15) is 0 Å². The summed E-state index contributed by atoms with van der Waals surface area (Å²) in [5.74, 6) is -0.416. The molecule has 8 heteroatoms. The lowest BCUT2D eigenvalue weighted by Crippen LogP contribution is -2.50. The lowest BCUT2D eigenvalue weighted by atomic mass is 10.1. The van der Waals surface area contributed by atoms with Crippen LogP contribution >= 0.6 is 11.6 Å². The number of piperazine rings is 1. The molecule has 0 radical (unpaired) electrons. The third kappa shape index (κ3) is 5.80. The van der Waals surface area contributed by atoms with Crippen molar-refractivity contribution in [3.63, 3.8) is 0 Å². The van der Waals surface area contributed by atoms with Gasteiger partial charge in [0.25, 0.3) is 0 Å². The Labute approximate surface area is 188 Å². The zero-order valence-corrected chi connectivity index (χ0v) is 19.0. The number of rotatable bonds is 5. The summed E-state index contributed by atoms with van der Waals surface area (Å²) in [7, 11) is 0. The largest absolute Gasteiger partial charge is 0.444 e. The highest BCUT2D eigenvalue weighted by Crippen LogP contribution is 2.29. The SMILES string of the molecule is CC(C)(C)OC(=O)N1CCN(c2cccc(NCc3cccc(Cl)c3F)c2CN)CC1. The maximum Gasteiger partial charge on any atom is 0.410 e.